The molecule has 3 heterocycles. The van der Waals surface area contributed by atoms with Gasteiger partial charge in [0.1, 0.15) is 5.60 Å². The molecular formula is C21H26N4O2. The third kappa shape index (κ3) is 4.27. The maximum absolute atomic E-state index is 12.5. The van der Waals surface area contributed by atoms with Crippen LogP contribution in [0.3, 0.4) is 0 Å². The molecule has 0 aliphatic carbocycles. The van der Waals surface area contributed by atoms with Gasteiger partial charge in [0.2, 0.25) is 11.9 Å². The summed E-state index contributed by atoms with van der Waals surface area (Å²) >= 11 is 0. The van der Waals surface area contributed by atoms with Gasteiger partial charge in [-0.05, 0) is 37.3 Å². The zero-order chi connectivity index (χ0) is 18.7. The van der Waals surface area contributed by atoms with Gasteiger partial charge < -0.3 is 15.0 Å². The maximum Gasteiger partial charge on any atom is 0.227 e. The largest absolute Gasteiger partial charge is 0.371 e. The zero-order valence-electron chi connectivity index (χ0n) is 15.7. The molecule has 6 nitrogen and oxygen atoms in total. The molecule has 1 aromatic heterocycles. The topological polar surface area (TPSA) is 67.4 Å². The van der Waals surface area contributed by atoms with Crippen molar-refractivity contribution in [3.05, 3.63) is 53.9 Å². The predicted octanol–water partition coefficient (Wildman–Crippen LogP) is 2.45. The third-order valence-electron chi connectivity index (χ3n) is 5.53. The molecule has 0 bridgehead atoms. The van der Waals surface area contributed by atoms with Gasteiger partial charge >= 0.3 is 0 Å². The summed E-state index contributed by atoms with van der Waals surface area (Å²) in [4.78, 5) is 22.8. The van der Waals surface area contributed by atoms with Crippen molar-refractivity contribution in [1.82, 2.24) is 14.9 Å². The number of amides is 1. The predicted molar refractivity (Wildman–Crippen MR) is 103 cm³/mol. The molecule has 2 fully saturated rings. The Balaban J connectivity index is 1.20. The summed E-state index contributed by atoms with van der Waals surface area (Å²) in [6.07, 6.45) is 6.04. The van der Waals surface area contributed by atoms with Crippen LogP contribution in [0.15, 0.2) is 42.7 Å². The number of aromatic nitrogens is 2. The van der Waals surface area contributed by atoms with Gasteiger partial charge in [-0.3, -0.25) is 4.79 Å². The smallest absolute Gasteiger partial charge is 0.227 e. The van der Waals surface area contributed by atoms with Crippen LogP contribution in [-0.4, -0.2) is 52.6 Å². The summed E-state index contributed by atoms with van der Waals surface area (Å²) in [6, 6.07) is 9.99. The summed E-state index contributed by atoms with van der Waals surface area (Å²) in [5, 5.41) is 3.27. The van der Waals surface area contributed by atoms with Gasteiger partial charge in [0, 0.05) is 18.9 Å². The van der Waals surface area contributed by atoms with E-state index in [0.29, 0.717) is 18.3 Å². The van der Waals surface area contributed by atoms with Crippen LogP contribution < -0.4 is 5.32 Å². The van der Waals surface area contributed by atoms with Gasteiger partial charge in [0.15, 0.2) is 0 Å². The van der Waals surface area contributed by atoms with Gasteiger partial charge in [-0.25, -0.2) is 9.97 Å². The zero-order valence-corrected chi connectivity index (χ0v) is 15.7. The van der Waals surface area contributed by atoms with E-state index in [9.17, 15) is 4.79 Å². The van der Waals surface area contributed by atoms with E-state index in [-0.39, 0.29) is 11.5 Å². The van der Waals surface area contributed by atoms with E-state index in [4.69, 9.17) is 4.74 Å². The third-order valence-corrected chi connectivity index (χ3v) is 5.53. The van der Waals surface area contributed by atoms with E-state index >= 15 is 0 Å². The number of ether oxygens (including phenoxy) is 1. The number of anilines is 1. The summed E-state index contributed by atoms with van der Waals surface area (Å²) < 4.78 is 6.17. The number of carbonyl (C=O) groups excluding carboxylic acids is 1. The van der Waals surface area contributed by atoms with Crippen molar-refractivity contribution in [2.24, 2.45) is 5.92 Å². The fraction of sp³-hybridized carbons (Fsp3) is 0.476. The van der Waals surface area contributed by atoms with Crippen LogP contribution in [0.5, 0.6) is 0 Å². The number of benzene rings is 1. The monoisotopic (exact) mass is 366 g/mol. The van der Waals surface area contributed by atoms with Gasteiger partial charge in [-0.15, -0.1) is 0 Å². The molecule has 2 aliphatic rings. The van der Waals surface area contributed by atoms with E-state index in [0.717, 1.165) is 44.6 Å². The molecule has 2 aromatic rings. The molecule has 6 heteroatoms. The van der Waals surface area contributed by atoms with Crippen LogP contribution in [0, 0.1) is 12.8 Å². The number of hydrogen-bond donors (Lipinski definition) is 1. The molecule has 2 aliphatic heterocycles. The van der Waals surface area contributed by atoms with Gasteiger partial charge in [0.05, 0.1) is 26.1 Å². The van der Waals surface area contributed by atoms with Gasteiger partial charge in [0.25, 0.3) is 0 Å². The summed E-state index contributed by atoms with van der Waals surface area (Å²) in [7, 11) is 0. The van der Waals surface area contributed by atoms with Crippen LogP contribution in [0.1, 0.15) is 24.0 Å². The van der Waals surface area contributed by atoms with E-state index in [1.807, 2.05) is 17.0 Å². The molecule has 4 rings (SSSR count). The minimum atomic E-state index is -0.122. The Morgan fingerprint density at radius 3 is 2.67 bits per heavy atom. The molecule has 142 valence electrons. The Morgan fingerprint density at radius 1 is 1.26 bits per heavy atom. The highest BCUT2D eigenvalue weighted by Crippen LogP contribution is 2.36. The molecule has 1 spiro atoms. The highest BCUT2D eigenvalue weighted by molar-refractivity contribution is 5.80. The van der Waals surface area contributed by atoms with Crippen molar-refractivity contribution in [2.45, 2.75) is 31.8 Å². The van der Waals surface area contributed by atoms with Crippen LogP contribution in [-0.2, 0) is 16.0 Å². The molecule has 2 saturated heterocycles. The van der Waals surface area contributed by atoms with Crippen LogP contribution >= 0.6 is 0 Å². The minimum Gasteiger partial charge on any atom is -0.371 e. The first-order valence-corrected chi connectivity index (χ1v) is 9.60. The SMILES string of the molecule is Cc1ccc(CC(=O)N2CC3(CCC(CNc4ncccn4)CO3)C2)cc1. The average molecular weight is 366 g/mol. The quantitative estimate of drug-likeness (QED) is 0.880. The van der Waals surface area contributed by atoms with Crippen molar-refractivity contribution >= 4 is 11.9 Å². The normalized spacial score (nSPS) is 20.9. The number of hydrogen-bond acceptors (Lipinski definition) is 5. The summed E-state index contributed by atoms with van der Waals surface area (Å²) in [5.41, 5.74) is 2.17. The van der Waals surface area contributed by atoms with Crippen LogP contribution in [0.2, 0.25) is 0 Å². The number of nitrogens with zero attached hydrogens (tertiary/aromatic N) is 3. The Bertz CT molecular complexity index is 763. The van der Waals surface area contributed by atoms with Crippen molar-refractivity contribution < 1.29 is 9.53 Å². The molecule has 1 atom stereocenters. The Hall–Kier alpha value is -2.47. The lowest BCUT2D eigenvalue weighted by molar-refractivity contribution is -0.187. The Kier molecular flexibility index (Phi) is 5.07. The molecule has 0 saturated carbocycles. The molecule has 1 N–H and O–H groups in total. The van der Waals surface area contributed by atoms with E-state index in [2.05, 4.69) is 34.3 Å². The summed E-state index contributed by atoms with van der Waals surface area (Å²) in [5.74, 6) is 1.31. The number of carbonyl (C=O) groups is 1. The van der Waals surface area contributed by atoms with Gasteiger partial charge in [-0.2, -0.15) is 0 Å². The van der Waals surface area contributed by atoms with E-state index in [1.165, 1.54) is 5.56 Å². The van der Waals surface area contributed by atoms with Crippen molar-refractivity contribution in [3.63, 3.8) is 0 Å². The lowest BCUT2D eigenvalue weighted by atomic mass is 9.82. The Morgan fingerprint density at radius 2 is 2.00 bits per heavy atom. The van der Waals surface area contributed by atoms with Crippen LogP contribution in [0.25, 0.3) is 0 Å². The minimum absolute atomic E-state index is 0.122. The number of aryl methyl sites for hydroxylation is 1. The molecule has 27 heavy (non-hydrogen) atoms. The Labute approximate surface area is 160 Å². The average Bonchev–Trinajstić information content (AvgIpc) is 2.67. The number of nitrogens with one attached hydrogen (secondary N) is 1. The van der Waals surface area contributed by atoms with Crippen LogP contribution in [0.4, 0.5) is 5.95 Å². The first kappa shape index (κ1) is 17.9. The van der Waals surface area contributed by atoms with Crippen molar-refractivity contribution in [1.29, 1.82) is 0 Å². The first-order valence-electron chi connectivity index (χ1n) is 9.60. The second kappa shape index (κ2) is 7.64. The number of rotatable bonds is 5. The lowest BCUT2D eigenvalue weighted by Crippen LogP contribution is -2.66. The van der Waals surface area contributed by atoms with Crippen molar-refractivity contribution in [3.8, 4) is 0 Å². The highest BCUT2D eigenvalue weighted by Gasteiger charge is 2.48. The standard InChI is InChI=1S/C21H26N4O2/c1-16-3-5-17(6-4-16)11-19(26)25-14-21(15-25)8-7-18(13-27-21)12-24-20-22-9-2-10-23-20/h2-6,9-10,18H,7-8,11-15H2,1H3,(H,22,23,24). The highest BCUT2D eigenvalue weighted by atomic mass is 16.5. The second-order valence-electron chi connectivity index (χ2n) is 7.76. The van der Waals surface area contributed by atoms with Crippen molar-refractivity contribution in [2.75, 3.05) is 31.6 Å². The fourth-order valence-corrected chi connectivity index (χ4v) is 3.77. The molecular weight excluding hydrogens is 340 g/mol. The molecule has 1 unspecified atom stereocenters. The molecule has 1 aromatic carbocycles. The molecule has 0 radical (unpaired) electrons. The van der Waals surface area contributed by atoms with E-state index < -0.39 is 0 Å². The first-order chi connectivity index (χ1) is 13.1. The van der Waals surface area contributed by atoms with E-state index in [1.54, 1.807) is 18.5 Å². The number of likely N-dealkylation sites (tertiary alicyclic amines) is 1. The van der Waals surface area contributed by atoms with Gasteiger partial charge in [-0.1, -0.05) is 29.8 Å². The summed E-state index contributed by atoms with van der Waals surface area (Å²) in [6.45, 7) is 5.04. The second-order valence-corrected chi connectivity index (χ2v) is 7.76. The lowest BCUT2D eigenvalue weighted by Gasteiger charge is -2.52. The maximum atomic E-state index is 12.5. The molecule has 1 amide bonds. The fourth-order valence-electron chi connectivity index (χ4n) is 3.77.